The van der Waals surface area contributed by atoms with Crippen LogP contribution in [0.2, 0.25) is 0 Å². The number of likely N-dealkylation sites (tertiary alicyclic amines) is 1. The van der Waals surface area contributed by atoms with Crippen LogP contribution in [-0.2, 0) is 11.3 Å². The highest BCUT2D eigenvalue weighted by atomic mass is 32.2. The molecule has 2 fully saturated rings. The van der Waals surface area contributed by atoms with E-state index in [0.717, 1.165) is 47.9 Å². The zero-order valence-corrected chi connectivity index (χ0v) is 23.8. The third kappa shape index (κ3) is 6.15. The number of imidazole rings is 1. The molecule has 1 N–H and O–H groups in total. The van der Waals surface area contributed by atoms with E-state index in [1.165, 1.54) is 30.8 Å². The van der Waals surface area contributed by atoms with E-state index in [1.54, 1.807) is 16.8 Å². The molecule has 0 bridgehead atoms. The average Bonchev–Trinajstić information content (AvgIpc) is 3.67. The lowest BCUT2D eigenvalue weighted by Gasteiger charge is -2.26. The van der Waals surface area contributed by atoms with Gasteiger partial charge in [0.2, 0.25) is 0 Å². The Balaban J connectivity index is 1.17. The van der Waals surface area contributed by atoms with E-state index in [-0.39, 0.29) is 36.8 Å². The molecule has 0 amide bonds. The van der Waals surface area contributed by atoms with Gasteiger partial charge in [-0.3, -0.25) is 9.69 Å². The number of rotatable bonds is 8. The van der Waals surface area contributed by atoms with Gasteiger partial charge in [0.1, 0.15) is 29.4 Å². The lowest BCUT2D eigenvalue weighted by molar-refractivity contribution is -0.131. The summed E-state index contributed by atoms with van der Waals surface area (Å²) < 4.78 is 36.1. The normalized spacial score (nSPS) is 21.1. The number of halogens is 2. The third-order valence-electron chi connectivity index (χ3n) is 7.60. The van der Waals surface area contributed by atoms with Gasteiger partial charge in [0, 0.05) is 43.9 Å². The van der Waals surface area contributed by atoms with Gasteiger partial charge in [0.05, 0.1) is 18.8 Å². The Labute approximate surface area is 241 Å². The number of fused-ring (bicyclic) bond motifs is 1. The first-order valence-corrected chi connectivity index (χ1v) is 14.9. The molecule has 4 heterocycles. The Hall–Kier alpha value is -3.70. The van der Waals surface area contributed by atoms with Crippen LogP contribution in [-0.4, -0.2) is 63.6 Å². The maximum atomic E-state index is 14.7. The maximum absolute atomic E-state index is 14.7. The summed E-state index contributed by atoms with van der Waals surface area (Å²) in [6.45, 7) is 4.10. The number of carbonyl (C=O) groups is 1. The molecule has 2 aromatic heterocycles. The molecule has 0 radical (unpaired) electrons. The summed E-state index contributed by atoms with van der Waals surface area (Å²) in [5.41, 5.74) is 2.53. The predicted molar refractivity (Wildman–Crippen MR) is 156 cm³/mol. The van der Waals surface area contributed by atoms with E-state index < -0.39 is 6.17 Å². The second-order valence-corrected chi connectivity index (χ2v) is 11.5. The molecule has 2 aromatic carbocycles. The van der Waals surface area contributed by atoms with E-state index in [9.17, 15) is 13.6 Å². The van der Waals surface area contributed by atoms with Crippen molar-refractivity contribution in [3.05, 3.63) is 77.7 Å². The summed E-state index contributed by atoms with van der Waals surface area (Å²) in [6.07, 6.45) is 3.88. The van der Waals surface area contributed by atoms with Crippen molar-refractivity contribution in [2.75, 3.05) is 36.1 Å². The Morgan fingerprint density at radius 1 is 1.17 bits per heavy atom. The Morgan fingerprint density at radius 3 is 2.88 bits per heavy atom. The summed E-state index contributed by atoms with van der Waals surface area (Å²) >= 11 is 1.47. The highest BCUT2D eigenvalue weighted by Crippen LogP contribution is 2.38. The molecule has 0 aliphatic carbocycles. The van der Waals surface area contributed by atoms with Gasteiger partial charge < -0.3 is 15.0 Å². The fourth-order valence-electron chi connectivity index (χ4n) is 5.80. The largest absolute Gasteiger partial charge is 0.427 e. The number of hydrogen-bond acceptors (Lipinski definition) is 8. The number of nitrogens with one attached hydrogen (secondary N) is 1. The van der Waals surface area contributed by atoms with Gasteiger partial charge in [-0.15, -0.1) is 16.9 Å². The minimum Gasteiger partial charge on any atom is -0.427 e. The number of carbonyl (C=O) groups excluding carboxylic acids is 1. The third-order valence-corrected chi connectivity index (χ3v) is 8.30. The number of aromatic nitrogens is 3. The van der Waals surface area contributed by atoms with Crippen molar-refractivity contribution in [2.24, 2.45) is 0 Å². The van der Waals surface area contributed by atoms with Gasteiger partial charge in [-0.25, -0.2) is 13.8 Å². The van der Waals surface area contributed by atoms with Gasteiger partial charge >= 0.3 is 5.97 Å². The molecule has 8 nitrogen and oxygen atoms in total. The average molecular weight is 579 g/mol. The lowest BCUT2D eigenvalue weighted by atomic mass is 10.0. The smallest absolute Gasteiger partial charge is 0.308 e. The molecule has 11 heteroatoms. The molecular weight excluding hydrogens is 546 g/mol. The van der Waals surface area contributed by atoms with Gasteiger partial charge in [0.25, 0.3) is 0 Å². The van der Waals surface area contributed by atoms with Crippen molar-refractivity contribution in [2.45, 2.75) is 49.5 Å². The molecule has 41 heavy (non-hydrogen) atoms. The Bertz CT molecular complexity index is 1570. The number of ether oxygens (including phenoxy) is 1. The van der Waals surface area contributed by atoms with Gasteiger partial charge in [0.15, 0.2) is 5.65 Å². The molecule has 2 saturated heterocycles. The number of thioether (sulfide) groups is 1. The van der Waals surface area contributed by atoms with Crippen molar-refractivity contribution < 1.29 is 18.3 Å². The van der Waals surface area contributed by atoms with Crippen molar-refractivity contribution >= 4 is 35.0 Å². The minimum atomic E-state index is -1.03. The van der Waals surface area contributed by atoms with E-state index in [4.69, 9.17) is 9.84 Å². The maximum Gasteiger partial charge on any atom is 0.308 e. The minimum absolute atomic E-state index is 0.196. The van der Waals surface area contributed by atoms with Crippen molar-refractivity contribution in [3.63, 3.8) is 0 Å². The number of nitrogens with zero attached hydrogens (tertiary/aromatic N) is 5. The molecule has 4 aromatic rings. The van der Waals surface area contributed by atoms with E-state index >= 15 is 0 Å². The molecule has 0 spiro atoms. The van der Waals surface area contributed by atoms with Crippen LogP contribution in [0.25, 0.3) is 5.65 Å². The van der Waals surface area contributed by atoms with E-state index in [2.05, 4.69) is 15.2 Å². The zero-order chi connectivity index (χ0) is 28.5. The standard InChI is InChI=1S/C30H32F2N6O2S/c1-19(39)40-25-5-3-4-20(10-25)16-36-9-8-24(18-36)34-30-15-33-28-6-7-29(35-38(28)30)37-17-23(32)14-27(37)21-11-22(31)13-26(12-21)41-2/h3-7,10-13,15,23-24,27,34H,8-9,14,16-18H2,1-2H3. The number of alkyl halides is 1. The summed E-state index contributed by atoms with van der Waals surface area (Å²) in [5.74, 6) is 1.30. The fourth-order valence-corrected chi connectivity index (χ4v) is 6.28. The van der Waals surface area contributed by atoms with Crippen molar-refractivity contribution in [3.8, 4) is 5.75 Å². The molecule has 0 saturated carbocycles. The summed E-state index contributed by atoms with van der Waals surface area (Å²) in [5, 5.41) is 8.44. The summed E-state index contributed by atoms with van der Waals surface area (Å²) in [7, 11) is 0. The first-order valence-electron chi connectivity index (χ1n) is 13.7. The topological polar surface area (TPSA) is 75.0 Å². The van der Waals surface area contributed by atoms with Crippen LogP contribution in [0, 0.1) is 5.82 Å². The molecular formula is C30H32F2N6O2S. The van der Waals surface area contributed by atoms with Crippen molar-refractivity contribution in [1.29, 1.82) is 0 Å². The highest BCUT2D eigenvalue weighted by molar-refractivity contribution is 7.98. The van der Waals surface area contributed by atoms with Crippen molar-refractivity contribution in [1.82, 2.24) is 19.5 Å². The van der Waals surface area contributed by atoms with Gasteiger partial charge in [-0.05, 0) is 66.3 Å². The SMILES string of the molecule is CSc1cc(F)cc(C2CC(F)CN2c2ccc3ncc(NC4CCN(Cc5cccc(OC(C)=O)c5)C4)n3n2)c1. The first-order chi connectivity index (χ1) is 19.8. The zero-order valence-electron chi connectivity index (χ0n) is 23.0. The Kier molecular flexibility index (Phi) is 7.81. The molecule has 2 aliphatic heterocycles. The second kappa shape index (κ2) is 11.7. The van der Waals surface area contributed by atoms with Crippen LogP contribution in [0.3, 0.4) is 0 Å². The van der Waals surface area contributed by atoms with Crippen LogP contribution in [0.5, 0.6) is 5.75 Å². The molecule has 214 valence electrons. The van der Waals surface area contributed by atoms with E-state index in [0.29, 0.717) is 17.2 Å². The second-order valence-electron chi connectivity index (χ2n) is 10.6. The predicted octanol–water partition coefficient (Wildman–Crippen LogP) is 5.49. The highest BCUT2D eigenvalue weighted by Gasteiger charge is 2.35. The summed E-state index contributed by atoms with van der Waals surface area (Å²) in [6, 6.07) is 16.2. The van der Waals surface area contributed by atoms with Gasteiger partial charge in [-0.2, -0.15) is 4.52 Å². The fraction of sp³-hybridized carbons (Fsp3) is 0.367. The van der Waals surface area contributed by atoms with Crippen LogP contribution in [0.15, 0.2) is 65.7 Å². The lowest BCUT2D eigenvalue weighted by Crippen LogP contribution is -2.27. The van der Waals surface area contributed by atoms with Crippen LogP contribution in [0.1, 0.15) is 36.9 Å². The van der Waals surface area contributed by atoms with Crippen LogP contribution < -0.4 is 15.0 Å². The summed E-state index contributed by atoms with van der Waals surface area (Å²) in [4.78, 5) is 20.9. The first kappa shape index (κ1) is 27.5. The quantitative estimate of drug-likeness (QED) is 0.167. The molecule has 2 aliphatic rings. The van der Waals surface area contributed by atoms with Gasteiger partial charge in [-0.1, -0.05) is 12.1 Å². The molecule has 3 unspecified atom stereocenters. The Morgan fingerprint density at radius 2 is 2.05 bits per heavy atom. The number of anilines is 2. The number of hydrogen-bond donors (Lipinski definition) is 1. The molecule has 3 atom stereocenters. The number of esters is 1. The monoisotopic (exact) mass is 578 g/mol. The molecule has 6 rings (SSSR count). The number of benzene rings is 2. The van der Waals surface area contributed by atoms with E-state index in [1.807, 2.05) is 47.6 Å². The van der Waals surface area contributed by atoms with Crippen LogP contribution in [0.4, 0.5) is 20.4 Å². The van der Waals surface area contributed by atoms with Crippen LogP contribution >= 0.6 is 11.8 Å².